The summed E-state index contributed by atoms with van der Waals surface area (Å²) in [5.41, 5.74) is 2.14. The van der Waals surface area contributed by atoms with E-state index >= 15 is 0 Å². The highest BCUT2D eigenvalue weighted by atomic mass is 32.2. The summed E-state index contributed by atoms with van der Waals surface area (Å²) < 4.78 is 2.13. The Balaban J connectivity index is 0.000000339. The molecular weight excluding hydrogens is 406 g/mol. The second-order valence-corrected chi connectivity index (χ2v) is 10.0. The van der Waals surface area contributed by atoms with Gasteiger partial charge in [0.2, 0.25) is 5.91 Å². The number of aldehydes is 1. The van der Waals surface area contributed by atoms with Crippen LogP contribution in [-0.2, 0) is 16.6 Å². The Morgan fingerprint density at radius 2 is 1.90 bits per heavy atom. The molecule has 31 heavy (non-hydrogen) atoms. The van der Waals surface area contributed by atoms with Gasteiger partial charge >= 0.3 is 0 Å². The standard InChI is InChI=1S/C19H22N2O2S.C6H15N/c1-20-15-10-6-5-9-14(15)18-16(11-22)21(13-7-3-2-4-8-13)17(23)12-24-19(18)20;1-6(2)4-5-7-3/h5-6,9-11,13,16H,2-4,7-8,12H2,1H3;6-7H,4-5H2,1-3H3. The Morgan fingerprint density at radius 3 is 2.52 bits per heavy atom. The molecule has 1 aliphatic carbocycles. The summed E-state index contributed by atoms with van der Waals surface area (Å²) in [5.74, 6) is 1.36. The lowest BCUT2D eigenvalue weighted by atomic mass is 9.92. The number of benzene rings is 1. The molecule has 0 saturated heterocycles. The number of carbonyl (C=O) groups is 2. The molecule has 1 aromatic heterocycles. The van der Waals surface area contributed by atoms with E-state index in [0.717, 1.165) is 65.9 Å². The van der Waals surface area contributed by atoms with Gasteiger partial charge in [0.05, 0.1) is 10.8 Å². The highest BCUT2D eigenvalue weighted by molar-refractivity contribution is 8.00. The first-order valence-electron chi connectivity index (χ1n) is 11.6. The fourth-order valence-corrected chi connectivity index (χ4v) is 5.80. The average Bonchev–Trinajstić information content (AvgIpc) is 2.97. The Morgan fingerprint density at radius 1 is 1.19 bits per heavy atom. The molecule has 2 heterocycles. The number of hydrogen-bond acceptors (Lipinski definition) is 4. The lowest BCUT2D eigenvalue weighted by Gasteiger charge is -2.37. The molecule has 1 atom stereocenters. The van der Waals surface area contributed by atoms with Gasteiger partial charge in [0.1, 0.15) is 12.3 Å². The zero-order chi connectivity index (χ0) is 22.4. The predicted octanol–water partition coefficient (Wildman–Crippen LogP) is 4.94. The second kappa shape index (κ2) is 11.2. The highest BCUT2D eigenvalue weighted by Gasteiger charge is 2.38. The van der Waals surface area contributed by atoms with E-state index in [1.165, 1.54) is 12.8 Å². The van der Waals surface area contributed by atoms with Crippen LogP contribution >= 0.6 is 11.8 Å². The van der Waals surface area contributed by atoms with E-state index in [4.69, 9.17) is 0 Å². The van der Waals surface area contributed by atoms with E-state index in [1.54, 1.807) is 11.8 Å². The van der Waals surface area contributed by atoms with Crippen molar-refractivity contribution in [3.63, 3.8) is 0 Å². The summed E-state index contributed by atoms with van der Waals surface area (Å²) in [5, 5.41) is 5.25. The average molecular weight is 444 g/mol. The van der Waals surface area contributed by atoms with Crippen molar-refractivity contribution in [2.24, 2.45) is 13.0 Å². The van der Waals surface area contributed by atoms with E-state index in [0.29, 0.717) is 5.75 Å². The van der Waals surface area contributed by atoms with E-state index in [1.807, 2.05) is 31.1 Å². The van der Waals surface area contributed by atoms with Gasteiger partial charge in [-0.3, -0.25) is 4.79 Å². The number of aryl methyl sites for hydroxylation is 1. The van der Waals surface area contributed by atoms with Gasteiger partial charge in [-0.1, -0.05) is 63.1 Å². The summed E-state index contributed by atoms with van der Waals surface area (Å²) >= 11 is 1.57. The molecule has 1 aromatic carbocycles. The number of aromatic nitrogens is 1. The van der Waals surface area contributed by atoms with Crippen molar-refractivity contribution in [3.05, 3.63) is 29.8 Å². The molecule has 6 heteroatoms. The van der Waals surface area contributed by atoms with Crippen molar-refractivity contribution in [1.82, 2.24) is 14.8 Å². The zero-order valence-electron chi connectivity index (χ0n) is 19.4. The Kier molecular flexibility index (Phi) is 8.61. The summed E-state index contributed by atoms with van der Waals surface area (Å²) in [6, 6.07) is 7.92. The third kappa shape index (κ3) is 5.35. The SMILES string of the molecule is CNCCC(C)C.Cn1c2c(c3ccccc31)C(C=O)N(C1CCCCC1)C(=O)CS2. The quantitative estimate of drug-likeness (QED) is 0.665. The molecule has 1 aliphatic heterocycles. The molecule has 1 amide bonds. The first-order chi connectivity index (χ1) is 15.0. The van der Waals surface area contributed by atoms with Crippen LogP contribution < -0.4 is 5.32 Å². The van der Waals surface area contributed by atoms with Crippen LogP contribution in [0.3, 0.4) is 0 Å². The molecule has 2 aromatic rings. The number of carbonyl (C=O) groups excluding carboxylic acids is 2. The minimum atomic E-state index is -0.461. The van der Waals surface area contributed by atoms with Gasteiger partial charge in [-0.15, -0.1) is 0 Å². The summed E-state index contributed by atoms with van der Waals surface area (Å²) in [4.78, 5) is 26.8. The predicted molar refractivity (Wildman–Crippen MR) is 130 cm³/mol. The normalized spacial score (nSPS) is 19.7. The van der Waals surface area contributed by atoms with Crippen LogP contribution in [0.2, 0.25) is 0 Å². The molecular formula is C25H37N3O2S. The molecule has 1 fully saturated rings. The van der Waals surface area contributed by atoms with Crippen molar-refractivity contribution < 1.29 is 9.59 Å². The van der Waals surface area contributed by atoms with E-state index in [9.17, 15) is 9.59 Å². The van der Waals surface area contributed by atoms with Crippen LogP contribution in [0.5, 0.6) is 0 Å². The summed E-state index contributed by atoms with van der Waals surface area (Å²) in [6.45, 7) is 5.62. The molecule has 1 saturated carbocycles. The lowest BCUT2D eigenvalue weighted by Crippen LogP contribution is -2.44. The maximum absolute atomic E-state index is 12.8. The number of thioether (sulfide) groups is 1. The van der Waals surface area contributed by atoms with Crippen molar-refractivity contribution in [3.8, 4) is 0 Å². The Bertz CT molecular complexity index is 886. The molecule has 0 radical (unpaired) electrons. The number of fused-ring (bicyclic) bond motifs is 3. The number of rotatable bonds is 5. The van der Waals surface area contributed by atoms with Gasteiger partial charge in [0.25, 0.3) is 0 Å². The van der Waals surface area contributed by atoms with Gasteiger partial charge < -0.3 is 19.6 Å². The minimum Gasteiger partial charge on any atom is -0.339 e. The van der Waals surface area contributed by atoms with Crippen LogP contribution in [0.1, 0.15) is 64.0 Å². The van der Waals surface area contributed by atoms with Crippen LogP contribution in [-0.4, -0.2) is 47.0 Å². The van der Waals surface area contributed by atoms with Crippen LogP contribution in [0.25, 0.3) is 10.9 Å². The smallest absolute Gasteiger partial charge is 0.234 e. The third-order valence-corrected chi connectivity index (χ3v) is 7.53. The third-order valence-electron chi connectivity index (χ3n) is 6.38. The Labute approximate surface area is 190 Å². The summed E-state index contributed by atoms with van der Waals surface area (Å²) in [6.07, 6.45) is 7.82. The van der Waals surface area contributed by atoms with Gasteiger partial charge in [-0.2, -0.15) is 0 Å². The van der Waals surface area contributed by atoms with Crippen LogP contribution in [0.4, 0.5) is 0 Å². The van der Waals surface area contributed by atoms with E-state index < -0.39 is 6.04 Å². The molecule has 0 bridgehead atoms. The number of amides is 1. The highest BCUT2D eigenvalue weighted by Crippen LogP contribution is 2.42. The van der Waals surface area contributed by atoms with Crippen molar-refractivity contribution in [1.29, 1.82) is 0 Å². The largest absolute Gasteiger partial charge is 0.339 e. The van der Waals surface area contributed by atoms with Gasteiger partial charge in [-0.25, -0.2) is 0 Å². The summed E-state index contributed by atoms with van der Waals surface area (Å²) in [7, 11) is 4.01. The molecule has 5 nitrogen and oxygen atoms in total. The molecule has 1 N–H and O–H groups in total. The number of para-hydroxylation sites is 1. The number of hydrogen-bond donors (Lipinski definition) is 1. The van der Waals surface area contributed by atoms with Crippen molar-refractivity contribution in [2.45, 2.75) is 69.5 Å². The molecule has 1 unspecified atom stereocenters. The minimum absolute atomic E-state index is 0.101. The van der Waals surface area contributed by atoms with Crippen LogP contribution in [0.15, 0.2) is 29.3 Å². The van der Waals surface area contributed by atoms with Crippen molar-refractivity contribution in [2.75, 3.05) is 19.3 Å². The fraction of sp³-hybridized carbons (Fsp3) is 0.600. The number of nitrogens with zero attached hydrogens (tertiary/aromatic N) is 2. The zero-order valence-corrected chi connectivity index (χ0v) is 20.2. The molecule has 0 spiro atoms. The van der Waals surface area contributed by atoms with Crippen LogP contribution in [0, 0.1) is 5.92 Å². The fourth-order valence-electron chi connectivity index (χ4n) is 4.72. The number of nitrogens with one attached hydrogen (secondary N) is 1. The second-order valence-electron chi connectivity index (χ2n) is 9.04. The van der Waals surface area contributed by atoms with E-state index in [-0.39, 0.29) is 11.9 Å². The van der Waals surface area contributed by atoms with Gasteiger partial charge in [-0.05, 0) is 44.8 Å². The van der Waals surface area contributed by atoms with Crippen molar-refractivity contribution >= 4 is 34.9 Å². The topological polar surface area (TPSA) is 54.3 Å². The van der Waals surface area contributed by atoms with Gasteiger partial charge in [0, 0.05) is 29.6 Å². The molecule has 170 valence electrons. The maximum atomic E-state index is 12.8. The first-order valence-corrected chi connectivity index (χ1v) is 12.6. The Hall–Kier alpha value is -1.79. The first kappa shape index (κ1) is 23.9. The lowest BCUT2D eigenvalue weighted by molar-refractivity contribution is -0.137. The maximum Gasteiger partial charge on any atom is 0.234 e. The molecule has 4 rings (SSSR count). The monoisotopic (exact) mass is 443 g/mol. The van der Waals surface area contributed by atoms with E-state index in [2.05, 4.69) is 35.9 Å². The van der Waals surface area contributed by atoms with Gasteiger partial charge in [0.15, 0.2) is 0 Å². The molecule has 2 aliphatic rings.